The first-order valence-corrected chi connectivity index (χ1v) is 8.92. The van der Waals surface area contributed by atoms with E-state index in [1.165, 1.54) is 23.8 Å². The summed E-state index contributed by atoms with van der Waals surface area (Å²) in [5, 5.41) is 18.4. The van der Waals surface area contributed by atoms with Gasteiger partial charge in [0, 0.05) is 17.2 Å². The standard InChI is InChI=1S/C21H22N4O3/c1-13-5-7-17(8-6-13)12-24-16(4)20(15(3)23-24)22-21(26)18-9-10-19(25(27)28)14(2)11-18/h5-11H,12H2,1-4H3,(H,22,26). The second kappa shape index (κ2) is 7.64. The molecule has 0 saturated heterocycles. The average Bonchev–Trinajstić information content (AvgIpc) is 2.90. The molecule has 7 heteroatoms. The van der Waals surface area contributed by atoms with Crippen LogP contribution in [0.25, 0.3) is 0 Å². The molecule has 0 unspecified atom stereocenters. The number of nitrogens with one attached hydrogen (secondary N) is 1. The van der Waals surface area contributed by atoms with E-state index in [0.29, 0.717) is 23.4 Å². The van der Waals surface area contributed by atoms with Crippen LogP contribution in [0.15, 0.2) is 42.5 Å². The molecule has 28 heavy (non-hydrogen) atoms. The number of aryl methyl sites for hydroxylation is 3. The van der Waals surface area contributed by atoms with Crippen molar-refractivity contribution in [2.45, 2.75) is 34.2 Å². The molecule has 1 heterocycles. The largest absolute Gasteiger partial charge is 0.319 e. The summed E-state index contributed by atoms with van der Waals surface area (Å²) in [6, 6.07) is 12.6. The maximum absolute atomic E-state index is 12.6. The summed E-state index contributed by atoms with van der Waals surface area (Å²) in [6.07, 6.45) is 0. The zero-order valence-corrected chi connectivity index (χ0v) is 16.3. The fourth-order valence-corrected chi connectivity index (χ4v) is 3.09. The lowest BCUT2D eigenvalue weighted by Gasteiger charge is -2.08. The number of amides is 1. The first-order chi connectivity index (χ1) is 13.3. The van der Waals surface area contributed by atoms with Gasteiger partial charge in [0.2, 0.25) is 0 Å². The third-order valence-electron chi connectivity index (χ3n) is 4.73. The van der Waals surface area contributed by atoms with E-state index in [1.54, 1.807) is 6.92 Å². The number of anilines is 1. The SMILES string of the molecule is Cc1ccc(Cn2nc(C)c(NC(=O)c3ccc([N+](=O)[O-])c(C)c3)c2C)cc1. The number of hydrogen-bond acceptors (Lipinski definition) is 4. The minimum atomic E-state index is -0.458. The molecule has 0 bridgehead atoms. The minimum absolute atomic E-state index is 0.00479. The zero-order chi connectivity index (χ0) is 20.4. The van der Waals surface area contributed by atoms with Crippen molar-refractivity contribution in [2.75, 3.05) is 5.32 Å². The number of nitro groups is 1. The quantitative estimate of drug-likeness (QED) is 0.529. The van der Waals surface area contributed by atoms with E-state index in [1.807, 2.05) is 25.5 Å². The van der Waals surface area contributed by atoms with Crippen LogP contribution in [0.3, 0.4) is 0 Å². The zero-order valence-electron chi connectivity index (χ0n) is 16.3. The Hall–Kier alpha value is -3.48. The van der Waals surface area contributed by atoms with Crippen LogP contribution in [0.2, 0.25) is 0 Å². The summed E-state index contributed by atoms with van der Waals surface area (Å²) in [5.74, 6) is -0.320. The van der Waals surface area contributed by atoms with Crippen LogP contribution in [0, 0.1) is 37.8 Å². The molecule has 0 atom stereocenters. The predicted octanol–water partition coefficient (Wildman–Crippen LogP) is 4.33. The second-order valence-electron chi connectivity index (χ2n) is 6.90. The Labute approximate surface area is 163 Å². The van der Waals surface area contributed by atoms with Gasteiger partial charge in [-0.15, -0.1) is 0 Å². The van der Waals surface area contributed by atoms with Crippen molar-refractivity contribution in [3.8, 4) is 0 Å². The van der Waals surface area contributed by atoms with Gasteiger partial charge >= 0.3 is 0 Å². The lowest BCUT2D eigenvalue weighted by Crippen LogP contribution is -2.14. The highest BCUT2D eigenvalue weighted by Crippen LogP contribution is 2.23. The summed E-state index contributed by atoms with van der Waals surface area (Å²) in [4.78, 5) is 23.1. The molecule has 0 fully saturated rings. The Morgan fingerprint density at radius 1 is 1.11 bits per heavy atom. The molecule has 0 saturated carbocycles. The van der Waals surface area contributed by atoms with Crippen molar-refractivity contribution >= 4 is 17.3 Å². The van der Waals surface area contributed by atoms with E-state index in [4.69, 9.17) is 0 Å². The molecule has 3 aromatic rings. The summed E-state index contributed by atoms with van der Waals surface area (Å²) < 4.78 is 1.86. The van der Waals surface area contributed by atoms with Crippen LogP contribution in [0.1, 0.15) is 38.4 Å². The Kier molecular flexibility index (Phi) is 5.26. The number of carbonyl (C=O) groups is 1. The number of nitrogens with zero attached hydrogens (tertiary/aromatic N) is 3. The van der Waals surface area contributed by atoms with Crippen molar-refractivity contribution in [2.24, 2.45) is 0 Å². The van der Waals surface area contributed by atoms with Gasteiger partial charge in [0.05, 0.1) is 28.5 Å². The van der Waals surface area contributed by atoms with Gasteiger partial charge in [0.25, 0.3) is 11.6 Å². The highest BCUT2D eigenvalue weighted by Gasteiger charge is 2.18. The number of carbonyl (C=O) groups excluding carboxylic acids is 1. The number of aromatic nitrogens is 2. The molecule has 2 aromatic carbocycles. The van der Waals surface area contributed by atoms with Crippen LogP contribution >= 0.6 is 0 Å². The topological polar surface area (TPSA) is 90.1 Å². The van der Waals surface area contributed by atoms with Crippen LogP contribution in [-0.4, -0.2) is 20.6 Å². The van der Waals surface area contributed by atoms with Gasteiger partial charge in [0.1, 0.15) is 0 Å². The van der Waals surface area contributed by atoms with E-state index in [0.717, 1.165) is 17.0 Å². The van der Waals surface area contributed by atoms with Crippen LogP contribution in [-0.2, 0) is 6.54 Å². The van der Waals surface area contributed by atoms with Crippen LogP contribution in [0.4, 0.5) is 11.4 Å². The molecule has 3 rings (SSSR count). The van der Waals surface area contributed by atoms with Gasteiger partial charge in [-0.05, 0) is 45.4 Å². The molecule has 0 aliphatic rings. The number of rotatable bonds is 5. The maximum Gasteiger partial charge on any atom is 0.272 e. The first kappa shape index (κ1) is 19.3. The van der Waals surface area contributed by atoms with E-state index in [2.05, 4.69) is 34.7 Å². The Morgan fingerprint density at radius 3 is 2.39 bits per heavy atom. The van der Waals surface area contributed by atoms with E-state index < -0.39 is 4.92 Å². The molecule has 144 valence electrons. The third kappa shape index (κ3) is 3.93. The molecule has 0 spiro atoms. The van der Waals surface area contributed by atoms with Crippen LogP contribution in [0.5, 0.6) is 0 Å². The molecular formula is C21H22N4O3. The smallest absolute Gasteiger partial charge is 0.272 e. The van der Waals surface area contributed by atoms with Gasteiger partial charge in [0.15, 0.2) is 0 Å². The van der Waals surface area contributed by atoms with E-state index in [-0.39, 0.29) is 11.6 Å². The van der Waals surface area contributed by atoms with Crippen molar-refractivity contribution in [3.63, 3.8) is 0 Å². The van der Waals surface area contributed by atoms with Crippen molar-refractivity contribution in [1.29, 1.82) is 0 Å². The monoisotopic (exact) mass is 378 g/mol. The number of benzene rings is 2. The minimum Gasteiger partial charge on any atom is -0.319 e. The molecular weight excluding hydrogens is 356 g/mol. The first-order valence-electron chi connectivity index (χ1n) is 8.92. The van der Waals surface area contributed by atoms with Crippen molar-refractivity contribution < 1.29 is 9.72 Å². The average molecular weight is 378 g/mol. The van der Waals surface area contributed by atoms with Gasteiger partial charge < -0.3 is 5.32 Å². The Morgan fingerprint density at radius 2 is 1.79 bits per heavy atom. The normalized spacial score (nSPS) is 10.7. The van der Waals surface area contributed by atoms with Crippen molar-refractivity contribution in [3.05, 3.63) is 86.2 Å². The molecule has 0 radical (unpaired) electrons. The second-order valence-corrected chi connectivity index (χ2v) is 6.90. The number of hydrogen-bond donors (Lipinski definition) is 1. The van der Waals surface area contributed by atoms with Crippen LogP contribution < -0.4 is 5.32 Å². The Balaban J connectivity index is 1.81. The van der Waals surface area contributed by atoms with E-state index >= 15 is 0 Å². The highest BCUT2D eigenvalue weighted by atomic mass is 16.6. The van der Waals surface area contributed by atoms with Gasteiger partial charge in [-0.1, -0.05) is 29.8 Å². The molecule has 1 amide bonds. The lowest BCUT2D eigenvalue weighted by atomic mass is 10.1. The summed E-state index contributed by atoms with van der Waals surface area (Å²) >= 11 is 0. The molecule has 7 nitrogen and oxygen atoms in total. The number of nitro benzene ring substituents is 1. The fraction of sp³-hybridized carbons (Fsp3) is 0.238. The third-order valence-corrected chi connectivity index (χ3v) is 4.73. The molecule has 0 aliphatic heterocycles. The lowest BCUT2D eigenvalue weighted by molar-refractivity contribution is -0.385. The summed E-state index contributed by atoms with van der Waals surface area (Å²) in [6.45, 7) is 8.02. The predicted molar refractivity (Wildman–Crippen MR) is 108 cm³/mol. The Bertz CT molecular complexity index is 1050. The van der Waals surface area contributed by atoms with Gasteiger partial charge in [-0.2, -0.15) is 5.10 Å². The molecule has 1 N–H and O–H groups in total. The molecule has 0 aliphatic carbocycles. The maximum atomic E-state index is 12.6. The summed E-state index contributed by atoms with van der Waals surface area (Å²) in [7, 11) is 0. The molecule has 1 aromatic heterocycles. The summed E-state index contributed by atoms with van der Waals surface area (Å²) in [5.41, 5.74) is 5.36. The fourth-order valence-electron chi connectivity index (χ4n) is 3.09. The van der Waals surface area contributed by atoms with Gasteiger partial charge in [-0.25, -0.2) is 0 Å². The van der Waals surface area contributed by atoms with Gasteiger partial charge in [-0.3, -0.25) is 19.6 Å². The highest BCUT2D eigenvalue weighted by molar-refractivity contribution is 6.05. The van der Waals surface area contributed by atoms with Crippen molar-refractivity contribution in [1.82, 2.24) is 9.78 Å². The van der Waals surface area contributed by atoms with E-state index in [9.17, 15) is 14.9 Å².